The van der Waals surface area contributed by atoms with Crippen molar-refractivity contribution in [2.24, 2.45) is 0 Å². The molecule has 0 aliphatic carbocycles. The standard InChI is InChI=1S/C17H16ClN3O4S/c1-11-2-4-14(9-17(11)21(22)23)26(24,25)20-7-6-12-10-19-16-5-3-13(18)8-15(12)16/h2-5,8-10,19-20H,6-7H2,1H3. The molecule has 0 unspecified atom stereocenters. The van der Waals surface area contributed by atoms with Gasteiger partial charge in [-0.25, -0.2) is 13.1 Å². The molecule has 7 nitrogen and oxygen atoms in total. The van der Waals surface area contributed by atoms with Crippen LogP contribution in [0.3, 0.4) is 0 Å². The molecule has 0 radical (unpaired) electrons. The first-order chi connectivity index (χ1) is 12.3. The summed E-state index contributed by atoms with van der Waals surface area (Å²) in [6.07, 6.45) is 2.26. The summed E-state index contributed by atoms with van der Waals surface area (Å²) in [7, 11) is -3.84. The zero-order valence-corrected chi connectivity index (χ0v) is 15.4. The van der Waals surface area contributed by atoms with Crippen LogP contribution in [0.2, 0.25) is 5.02 Å². The summed E-state index contributed by atoms with van der Waals surface area (Å²) in [6, 6.07) is 9.31. The first kappa shape index (κ1) is 18.4. The highest BCUT2D eigenvalue weighted by Crippen LogP contribution is 2.24. The van der Waals surface area contributed by atoms with E-state index in [4.69, 9.17) is 11.6 Å². The van der Waals surface area contributed by atoms with Gasteiger partial charge in [-0.15, -0.1) is 0 Å². The van der Waals surface area contributed by atoms with Crippen molar-refractivity contribution in [2.45, 2.75) is 18.2 Å². The maximum Gasteiger partial charge on any atom is 0.273 e. The lowest BCUT2D eigenvalue weighted by molar-refractivity contribution is -0.385. The molecule has 0 amide bonds. The highest BCUT2D eigenvalue weighted by molar-refractivity contribution is 7.89. The quantitative estimate of drug-likeness (QED) is 0.493. The Morgan fingerprint density at radius 3 is 2.73 bits per heavy atom. The lowest BCUT2D eigenvalue weighted by Crippen LogP contribution is -2.26. The molecular weight excluding hydrogens is 378 g/mol. The SMILES string of the molecule is Cc1ccc(S(=O)(=O)NCCc2c[nH]c3ccc(Cl)cc23)cc1[N+](=O)[O-]. The number of nitrogens with one attached hydrogen (secondary N) is 2. The van der Waals surface area contributed by atoms with E-state index in [2.05, 4.69) is 9.71 Å². The molecule has 0 spiro atoms. The molecule has 2 aromatic carbocycles. The van der Waals surface area contributed by atoms with Crippen molar-refractivity contribution in [3.8, 4) is 0 Å². The molecule has 3 aromatic rings. The number of aromatic amines is 1. The van der Waals surface area contributed by atoms with Crippen molar-refractivity contribution in [3.63, 3.8) is 0 Å². The molecule has 9 heteroatoms. The molecule has 1 heterocycles. The highest BCUT2D eigenvalue weighted by atomic mass is 35.5. The average Bonchev–Trinajstić information content (AvgIpc) is 2.97. The molecule has 0 saturated carbocycles. The third-order valence-electron chi connectivity index (χ3n) is 4.10. The Morgan fingerprint density at radius 1 is 1.23 bits per heavy atom. The minimum Gasteiger partial charge on any atom is -0.361 e. The molecule has 0 aliphatic heterocycles. The van der Waals surface area contributed by atoms with Crippen LogP contribution in [0.4, 0.5) is 5.69 Å². The zero-order chi connectivity index (χ0) is 18.9. The van der Waals surface area contributed by atoms with Crippen molar-refractivity contribution in [1.29, 1.82) is 0 Å². The van der Waals surface area contributed by atoms with Crippen molar-refractivity contribution in [3.05, 3.63) is 68.9 Å². The fourth-order valence-electron chi connectivity index (χ4n) is 2.71. The average molecular weight is 394 g/mol. The van der Waals surface area contributed by atoms with Gasteiger partial charge in [0.2, 0.25) is 10.0 Å². The van der Waals surface area contributed by atoms with Crippen LogP contribution in [-0.4, -0.2) is 24.9 Å². The largest absolute Gasteiger partial charge is 0.361 e. The monoisotopic (exact) mass is 393 g/mol. The van der Waals surface area contributed by atoms with Crippen LogP contribution in [0.1, 0.15) is 11.1 Å². The predicted molar refractivity (Wildman–Crippen MR) is 100 cm³/mol. The molecule has 0 atom stereocenters. The van der Waals surface area contributed by atoms with E-state index in [1.807, 2.05) is 18.3 Å². The van der Waals surface area contributed by atoms with Gasteiger partial charge in [-0.1, -0.05) is 17.7 Å². The molecular formula is C17H16ClN3O4S. The van der Waals surface area contributed by atoms with Gasteiger partial charge >= 0.3 is 0 Å². The number of nitrogens with zero attached hydrogens (tertiary/aromatic N) is 1. The molecule has 2 N–H and O–H groups in total. The maximum atomic E-state index is 12.4. The molecule has 3 rings (SSSR count). The van der Waals surface area contributed by atoms with Crippen molar-refractivity contribution in [1.82, 2.24) is 9.71 Å². The molecule has 1 aromatic heterocycles. The van der Waals surface area contributed by atoms with E-state index in [1.54, 1.807) is 13.0 Å². The van der Waals surface area contributed by atoms with Crippen LogP contribution in [-0.2, 0) is 16.4 Å². The van der Waals surface area contributed by atoms with Gasteiger partial charge in [-0.2, -0.15) is 0 Å². The Kier molecular flexibility index (Phi) is 4.99. The minimum atomic E-state index is -3.84. The number of aryl methyl sites for hydroxylation is 1. The molecule has 0 saturated heterocycles. The summed E-state index contributed by atoms with van der Waals surface area (Å²) in [5.74, 6) is 0. The van der Waals surface area contributed by atoms with E-state index in [-0.39, 0.29) is 17.1 Å². The number of hydrogen-bond donors (Lipinski definition) is 2. The second kappa shape index (κ2) is 7.06. The van der Waals surface area contributed by atoms with Crippen molar-refractivity contribution in [2.75, 3.05) is 6.54 Å². The molecule has 0 fully saturated rings. The molecule has 136 valence electrons. The van der Waals surface area contributed by atoms with E-state index in [9.17, 15) is 18.5 Å². The number of halogens is 1. The lowest BCUT2D eigenvalue weighted by Gasteiger charge is -2.07. The van der Waals surface area contributed by atoms with E-state index >= 15 is 0 Å². The number of sulfonamides is 1. The third kappa shape index (κ3) is 3.72. The highest BCUT2D eigenvalue weighted by Gasteiger charge is 2.19. The van der Waals surface area contributed by atoms with Crippen LogP contribution < -0.4 is 4.72 Å². The maximum absolute atomic E-state index is 12.4. The van der Waals surface area contributed by atoms with Crippen molar-refractivity contribution < 1.29 is 13.3 Å². The van der Waals surface area contributed by atoms with Gasteiger partial charge in [0.25, 0.3) is 5.69 Å². The topological polar surface area (TPSA) is 105 Å². The summed E-state index contributed by atoms with van der Waals surface area (Å²) in [5, 5.41) is 12.5. The minimum absolute atomic E-state index is 0.128. The van der Waals surface area contributed by atoms with Crippen LogP contribution in [0.15, 0.2) is 47.5 Å². The Bertz CT molecular complexity index is 1090. The summed E-state index contributed by atoms with van der Waals surface area (Å²) in [6.45, 7) is 1.72. The number of rotatable bonds is 6. The van der Waals surface area contributed by atoms with E-state index in [0.29, 0.717) is 17.0 Å². The lowest BCUT2D eigenvalue weighted by atomic mass is 10.1. The summed E-state index contributed by atoms with van der Waals surface area (Å²) < 4.78 is 27.3. The summed E-state index contributed by atoms with van der Waals surface area (Å²) >= 11 is 6.01. The predicted octanol–water partition coefficient (Wildman–Crippen LogP) is 3.56. The van der Waals surface area contributed by atoms with Crippen LogP contribution in [0, 0.1) is 17.0 Å². The number of benzene rings is 2. The number of hydrogen-bond acceptors (Lipinski definition) is 4. The Morgan fingerprint density at radius 2 is 2.00 bits per heavy atom. The third-order valence-corrected chi connectivity index (χ3v) is 5.80. The number of H-pyrrole nitrogens is 1. The second-order valence-corrected chi connectivity index (χ2v) is 8.06. The number of nitro benzene ring substituents is 1. The number of fused-ring (bicyclic) bond motifs is 1. The first-order valence-electron chi connectivity index (χ1n) is 7.78. The fraction of sp³-hybridized carbons (Fsp3) is 0.176. The molecule has 0 bridgehead atoms. The van der Waals surface area contributed by atoms with Gasteiger partial charge in [0.15, 0.2) is 0 Å². The van der Waals surface area contributed by atoms with Gasteiger partial charge in [0.05, 0.1) is 9.82 Å². The van der Waals surface area contributed by atoms with Crippen LogP contribution in [0.5, 0.6) is 0 Å². The Balaban J connectivity index is 1.75. The first-order valence-corrected chi connectivity index (χ1v) is 9.64. The van der Waals surface area contributed by atoms with E-state index < -0.39 is 14.9 Å². The van der Waals surface area contributed by atoms with Gasteiger partial charge in [-0.05, 0) is 43.2 Å². The Labute approximate surface area is 155 Å². The van der Waals surface area contributed by atoms with E-state index in [1.165, 1.54) is 12.1 Å². The zero-order valence-electron chi connectivity index (χ0n) is 13.8. The van der Waals surface area contributed by atoms with Crippen LogP contribution in [0.25, 0.3) is 10.9 Å². The van der Waals surface area contributed by atoms with Gasteiger partial charge < -0.3 is 4.98 Å². The van der Waals surface area contributed by atoms with Crippen molar-refractivity contribution >= 4 is 38.2 Å². The van der Waals surface area contributed by atoms with Gasteiger partial charge in [-0.3, -0.25) is 10.1 Å². The van der Waals surface area contributed by atoms with Gasteiger partial charge in [0, 0.05) is 40.3 Å². The van der Waals surface area contributed by atoms with E-state index in [0.717, 1.165) is 22.5 Å². The second-order valence-electron chi connectivity index (χ2n) is 5.86. The van der Waals surface area contributed by atoms with Gasteiger partial charge in [0.1, 0.15) is 0 Å². The number of nitro groups is 1. The fourth-order valence-corrected chi connectivity index (χ4v) is 3.94. The Hall–Kier alpha value is -2.42. The van der Waals surface area contributed by atoms with Crippen LogP contribution >= 0.6 is 11.6 Å². The smallest absolute Gasteiger partial charge is 0.273 e. The molecule has 0 aliphatic rings. The summed E-state index contributed by atoms with van der Waals surface area (Å²) in [4.78, 5) is 13.4. The molecule has 26 heavy (non-hydrogen) atoms. The summed E-state index contributed by atoms with van der Waals surface area (Å²) in [5.41, 5.74) is 2.03. The normalized spacial score (nSPS) is 11.8. The number of aromatic nitrogens is 1.